The summed E-state index contributed by atoms with van der Waals surface area (Å²) in [4.78, 5) is 2.38. The molecule has 0 bridgehead atoms. The zero-order valence-electron chi connectivity index (χ0n) is 15.0. The second-order valence-corrected chi connectivity index (χ2v) is 7.23. The van der Waals surface area contributed by atoms with Gasteiger partial charge in [0.1, 0.15) is 0 Å². The van der Waals surface area contributed by atoms with E-state index in [1.807, 2.05) is 60.7 Å². The van der Waals surface area contributed by atoms with Gasteiger partial charge in [-0.1, -0.05) is 67.1 Å². The van der Waals surface area contributed by atoms with Crippen LogP contribution in [0.4, 0.5) is 0 Å². The van der Waals surface area contributed by atoms with E-state index in [1.165, 1.54) is 0 Å². The lowest BCUT2D eigenvalue weighted by Gasteiger charge is -2.41. The molecule has 0 unspecified atom stereocenters. The molecule has 2 aromatic rings. The predicted molar refractivity (Wildman–Crippen MR) is 101 cm³/mol. The molecule has 1 fully saturated rings. The summed E-state index contributed by atoms with van der Waals surface area (Å²) in [7, 11) is 2.14. The van der Waals surface area contributed by atoms with E-state index in [4.69, 9.17) is 0 Å². The van der Waals surface area contributed by atoms with Crippen molar-refractivity contribution in [1.29, 1.82) is 0 Å². The summed E-state index contributed by atoms with van der Waals surface area (Å²) in [6.07, 6.45) is 4.02. The smallest absolute Gasteiger partial charge is 0.0805 e. The van der Waals surface area contributed by atoms with Crippen molar-refractivity contribution in [3.05, 3.63) is 71.8 Å². The number of piperidine rings is 1. The van der Waals surface area contributed by atoms with Crippen LogP contribution in [0, 0.1) is 0 Å². The van der Waals surface area contributed by atoms with E-state index in [1.54, 1.807) is 0 Å². The van der Waals surface area contributed by atoms with Crippen LogP contribution in [-0.2, 0) is 0 Å². The summed E-state index contributed by atoms with van der Waals surface area (Å²) in [6.45, 7) is 0. The van der Waals surface area contributed by atoms with Crippen LogP contribution in [0.1, 0.15) is 55.4 Å². The maximum atomic E-state index is 10.6. The highest BCUT2D eigenvalue weighted by molar-refractivity contribution is 5.18. The van der Waals surface area contributed by atoms with Crippen molar-refractivity contribution in [3.8, 4) is 0 Å². The summed E-state index contributed by atoms with van der Waals surface area (Å²) in [5, 5.41) is 21.1. The predicted octanol–water partition coefficient (Wildman–Crippen LogP) is 4.09. The minimum absolute atomic E-state index is 0.358. The molecule has 134 valence electrons. The highest BCUT2D eigenvalue weighted by Gasteiger charge is 2.30. The fourth-order valence-electron chi connectivity index (χ4n) is 4.00. The molecule has 1 saturated heterocycles. The first-order valence-electron chi connectivity index (χ1n) is 9.33. The minimum atomic E-state index is -0.425. The standard InChI is InChI=1S/C22H29NO2/c1-23-19(15-21(24)17-9-4-2-5-10-17)13-8-14-20(23)16-22(25)18-11-6-3-7-12-18/h2-7,9-12,19-22,24-25H,8,13-16H2,1H3/t19-,20-,21-,22-/m1/s1. The molecule has 25 heavy (non-hydrogen) atoms. The molecule has 2 N–H and O–H groups in total. The molecule has 0 radical (unpaired) electrons. The van der Waals surface area contributed by atoms with Gasteiger partial charge in [-0.15, -0.1) is 0 Å². The van der Waals surface area contributed by atoms with Crippen LogP contribution >= 0.6 is 0 Å². The maximum Gasteiger partial charge on any atom is 0.0805 e. The third kappa shape index (κ3) is 4.69. The number of hydrogen-bond donors (Lipinski definition) is 2. The first-order chi connectivity index (χ1) is 12.1. The molecule has 4 atom stereocenters. The zero-order chi connectivity index (χ0) is 17.6. The molecular weight excluding hydrogens is 310 g/mol. The Kier molecular flexibility index (Phi) is 6.24. The van der Waals surface area contributed by atoms with Crippen molar-refractivity contribution < 1.29 is 10.2 Å². The number of aliphatic hydroxyl groups excluding tert-OH is 2. The van der Waals surface area contributed by atoms with Gasteiger partial charge in [0, 0.05) is 12.1 Å². The van der Waals surface area contributed by atoms with Gasteiger partial charge in [0.05, 0.1) is 12.2 Å². The Morgan fingerprint density at radius 1 is 0.800 bits per heavy atom. The van der Waals surface area contributed by atoms with Crippen molar-refractivity contribution in [2.24, 2.45) is 0 Å². The molecule has 0 spiro atoms. The fraction of sp³-hybridized carbons (Fsp3) is 0.455. The van der Waals surface area contributed by atoms with Gasteiger partial charge >= 0.3 is 0 Å². The number of nitrogens with zero attached hydrogens (tertiary/aromatic N) is 1. The molecule has 1 heterocycles. The molecule has 3 heteroatoms. The number of hydrogen-bond acceptors (Lipinski definition) is 3. The summed E-state index contributed by atoms with van der Waals surface area (Å²) < 4.78 is 0. The molecule has 1 aliphatic heterocycles. The second-order valence-electron chi connectivity index (χ2n) is 7.23. The first kappa shape index (κ1) is 18.1. The van der Waals surface area contributed by atoms with E-state index in [0.29, 0.717) is 12.1 Å². The van der Waals surface area contributed by atoms with Gasteiger partial charge in [-0.3, -0.25) is 0 Å². The van der Waals surface area contributed by atoms with Gasteiger partial charge in [0.15, 0.2) is 0 Å². The largest absolute Gasteiger partial charge is 0.388 e. The normalized spacial score (nSPS) is 24.0. The van der Waals surface area contributed by atoms with E-state index < -0.39 is 12.2 Å². The minimum Gasteiger partial charge on any atom is -0.388 e. The third-order valence-electron chi connectivity index (χ3n) is 5.59. The molecule has 3 nitrogen and oxygen atoms in total. The molecule has 2 aromatic carbocycles. The van der Waals surface area contributed by atoms with Crippen LogP contribution in [0.25, 0.3) is 0 Å². The molecule has 1 aliphatic rings. The van der Waals surface area contributed by atoms with Crippen molar-refractivity contribution in [1.82, 2.24) is 4.90 Å². The SMILES string of the molecule is CN1[C@@H](C[C@@H](O)c2ccccc2)CCC[C@@H]1C[C@@H](O)c1ccccc1. The van der Waals surface area contributed by atoms with Crippen molar-refractivity contribution >= 4 is 0 Å². The molecule has 3 rings (SSSR count). The fourth-order valence-corrected chi connectivity index (χ4v) is 4.00. The van der Waals surface area contributed by atoms with E-state index >= 15 is 0 Å². The molecule has 0 saturated carbocycles. The lowest BCUT2D eigenvalue weighted by Crippen LogP contribution is -2.45. The van der Waals surface area contributed by atoms with Gasteiger partial charge < -0.3 is 15.1 Å². The zero-order valence-corrected chi connectivity index (χ0v) is 15.0. The Morgan fingerprint density at radius 3 is 1.60 bits per heavy atom. The summed E-state index contributed by atoms with van der Waals surface area (Å²) >= 11 is 0. The van der Waals surface area contributed by atoms with Gasteiger partial charge in [0.25, 0.3) is 0 Å². The monoisotopic (exact) mass is 339 g/mol. The Balaban J connectivity index is 1.60. The Hall–Kier alpha value is -1.68. The van der Waals surface area contributed by atoms with E-state index in [2.05, 4.69) is 11.9 Å². The van der Waals surface area contributed by atoms with Gasteiger partial charge in [-0.2, -0.15) is 0 Å². The maximum absolute atomic E-state index is 10.6. The molecular formula is C22H29NO2. The van der Waals surface area contributed by atoms with Crippen LogP contribution in [0.15, 0.2) is 60.7 Å². The van der Waals surface area contributed by atoms with Crippen molar-refractivity contribution in [2.45, 2.75) is 56.4 Å². The summed E-state index contributed by atoms with van der Waals surface area (Å²) in [5.41, 5.74) is 1.98. The van der Waals surface area contributed by atoms with E-state index in [-0.39, 0.29) is 0 Å². The van der Waals surface area contributed by atoms with Crippen LogP contribution in [0.3, 0.4) is 0 Å². The molecule has 0 aromatic heterocycles. The van der Waals surface area contributed by atoms with Crippen LogP contribution in [-0.4, -0.2) is 34.2 Å². The number of likely N-dealkylation sites (tertiary alicyclic amines) is 1. The van der Waals surface area contributed by atoms with Gasteiger partial charge in [0.2, 0.25) is 0 Å². The third-order valence-corrected chi connectivity index (χ3v) is 5.59. The van der Waals surface area contributed by atoms with Crippen molar-refractivity contribution in [3.63, 3.8) is 0 Å². The van der Waals surface area contributed by atoms with Crippen LogP contribution < -0.4 is 0 Å². The van der Waals surface area contributed by atoms with E-state index in [9.17, 15) is 10.2 Å². The van der Waals surface area contributed by atoms with E-state index in [0.717, 1.165) is 43.2 Å². The quantitative estimate of drug-likeness (QED) is 0.833. The lowest BCUT2D eigenvalue weighted by atomic mass is 9.88. The Bertz CT molecular complexity index is 575. The van der Waals surface area contributed by atoms with Gasteiger partial charge in [-0.05, 0) is 43.9 Å². The average molecular weight is 339 g/mol. The highest BCUT2D eigenvalue weighted by Crippen LogP contribution is 2.32. The lowest BCUT2D eigenvalue weighted by molar-refractivity contribution is 0.0350. The highest BCUT2D eigenvalue weighted by atomic mass is 16.3. The molecule has 0 aliphatic carbocycles. The average Bonchev–Trinajstić information content (AvgIpc) is 2.66. The summed E-state index contributed by atoms with van der Waals surface area (Å²) in [6, 6.07) is 20.5. The van der Waals surface area contributed by atoms with Crippen LogP contribution in [0.2, 0.25) is 0 Å². The summed E-state index contributed by atoms with van der Waals surface area (Å²) in [5.74, 6) is 0. The topological polar surface area (TPSA) is 43.7 Å². The Morgan fingerprint density at radius 2 is 1.20 bits per heavy atom. The number of benzene rings is 2. The van der Waals surface area contributed by atoms with Crippen molar-refractivity contribution in [2.75, 3.05) is 7.05 Å². The number of aliphatic hydroxyl groups is 2. The van der Waals surface area contributed by atoms with Crippen LogP contribution in [0.5, 0.6) is 0 Å². The second kappa shape index (κ2) is 8.61. The molecule has 0 amide bonds. The number of rotatable bonds is 6. The Labute approximate surface area is 150 Å². The van der Waals surface area contributed by atoms with Gasteiger partial charge in [-0.25, -0.2) is 0 Å². The first-order valence-corrected chi connectivity index (χ1v) is 9.33.